The van der Waals surface area contributed by atoms with Crippen molar-refractivity contribution in [3.63, 3.8) is 0 Å². The largest absolute Gasteiger partial charge is 0.494 e. The van der Waals surface area contributed by atoms with E-state index in [1.807, 2.05) is 37.3 Å². The predicted octanol–water partition coefficient (Wildman–Crippen LogP) is 1.41. The van der Waals surface area contributed by atoms with Crippen molar-refractivity contribution in [2.45, 2.75) is 13.3 Å². The zero-order valence-electron chi connectivity index (χ0n) is 9.15. The fourth-order valence-corrected chi connectivity index (χ4v) is 1.18. The van der Waals surface area contributed by atoms with Crippen molar-refractivity contribution in [2.24, 2.45) is 11.1 Å². The number of nitrogens with two attached hydrogens (primary N) is 1. The number of aliphatic hydroxyl groups excluding tert-OH is 1. The molecule has 0 fully saturated rings. The first kappa shape index (κ1) is 12.0. The summed E-state index contributed by atoms with van der Waals surface area (Å²) in [6, 6.07) is 9.65. The minimum atomic E-state index is -0.227. The van der Waals surface area contributed by atoms with Gasteiger partial charge in [-0.3, -0.25) is 0 Å². The van der Waals surface area contributed by atoms with Gasteiger partial charge in [0.05, 0.1) is 6.61 Å². The molecule has 1 aromatic carbocycles. The van der Waals surface area contributed by atoms with Crippen molar-refractivity contribution in [1.82, 2.24) is 0 Å². The fourth-order valence-electron chi connectivity index (χ4n) is 1.18. The van der Waals surface area contributed by atoms with Gasteiger partial charge in [0.15, 0.2) is 0 Å². The third-order valence-corrected chi connectivity index (χ3v) is 2.59. The second kappa shape index (κ2) is 5.73. The number of aliphatic hydroxyl groups is 1. The molecule has 1 aromatic rings. The van der Waals surface area contributed by atoms with Crippen molar-refractivity contribution in [2.75, 3.05) is 19.8 Å². The van der Waals surface area contributed by atoms with E-state index in [-0.39, 0.29) is 12.0 Å². The maximum Gasteiger partial charge on any atom is 0.119 e. The van der Waals surface area contributed by atoms with Gasteiger partial charge in [-0.05, 0) is 18.6 Å². The summed E-state index contributed by atoms with van der Waals surface area (Å²) in [6.45, 7) is 3.11. The van der Waals surface area contributed by atoms with Crippen LogP contribution in [0.5, 0.6) is 5.75 Å². The minimum Gasteiger partial charge on any atom is -0.494 e. The van der Waals surface area contributed by atoms with E-state index in [1.54, 1.807) is 0 Å². The lowest BCUT2D eigenvalue weighted by Crippen LogP contribution is -2.32. The van der Waals surface area contributed by atoms with Crippen LogP contribution in [-0.2, 0) is 0 Å². The van der Waals surface area contributed by atoms with Crippen molar-refractivity contribution in [1.29, 1.82) is 0 Å². The van der Waals surface area contributed by atoms with E-state index in [0.717, 1.165) is 12.2 Å². The summed E-state index contributed by atoms with van der Waals surface area (Å²) >= 11 is 0. The first-order valence-electron chi connectivity index (χ1n) is 5.19. The summed E-state index contributed by atoms with van der Waals surface area (Å²) in [4.78, 5) is 0. The van der Waals surface area contributed by atoms with E-state index in [0.29, 0.717) is 13.2 Å². The van der Waals surface area contributed by atoms with Crippen LogP contribution >= 0.6 is 0 Å². The fraction of sp³-hybridized carbons (Fsp3) is 0.500. The molecule has 0 saturated carbocycles. The lowest BCUT2D eigenvalue weighted by atomic mass is 9.88. The van der Waals surface area contributed by atoms with E-state index < -0.39 is 0 Å². The van der Waals surface area contributed by atoms with Gasteiger partial charge in [-0.25, -0.2) is 0 Å². The van der Waals surface area contributed by atoms with Crippen LogP contribution in [0.25, 0.3) is 0 Å². The Balaban J connectivity index is 2.33. The molecule has 1 unspecified atom stereocenters. The molecule has 0 spiro atoms. The molecule has 15 heavy (non-hydrogen) atoms. The highest BCUT2D eigenvalue weighted by Crippen LogP contribution is 2.19. The molecule has 0 aliphatic heterocycles. The van der Waals surface area contributed by atoms with Crippen LogP contribution in [0, 0.1) is 5.41 Å². The summed E-state index contributed by atoms with van der Waals surface area (Å²) in [5, 5.41) is 9.15. The van der Waals surface area contributed by atoms with Crippen molar-refractivity contribution in [3.8, 4) is 5.75 Å². The van der Waals surface area contributed by atoms with Crippen LogP contribution in [0.1, 0.15) is 13.3 Å². The smallest absolute Gasteiger partial charge is 0.119 e. The molecule has 0 radical (unpaired) electrons. The Labute approximate surface area is 90.9 Å². The molecule has 1 rings (SSSR count). The van der Waals surface area contributed by atoms with Crippen LogP contribution < -0.4 is 10.5 Å². The van der Waals surface area contributed by atoms with Crippen LogP contribution in [-0.4, -0.2) is 24.9 Å². The Morgan fingerprint density at radius 3 is 2.53 bits per heavy atom. The number of benzene rings is 1. The lowest BCUT2D eigenvalue weighted by Gasteiger charge is -2.24. The highest BCUT2D eigenvalue weighted by Gasteiger charge is 2.21. The molecule has 3 N–H and O–H groups in total. The van der Waals surface area contributed by atoms with Crippen molar-refractivity contribution in [3.05, 3.63) is 30.3 Å². The SMILES string of the molecule is CC(CN)(CO)CCOc1ccccc1. The first-order valence-corrected chi connectivity index (χ1v) is 5.19. The molecule has 0 heterocycles. The van der Waals surface area contributed by atoms with E-state index >= 15 is 0 Å². The predicted molar refractivity (Wildman–Crippen MR) is 60.8 cm³/mol. The summed E-state index contributed by atoms with van der Waals surface area (Å²) in [6.07, 6.45) is 0.759. The molecule has 0 aliphatic rings. The summed E-state index contributed by atoms with van der Waals surface area (Å²) in [5.41, 5.74) is 5.35. The molecule has 0 saturated heterocycles. The van der Waals surface area contributed by atoms with Crippen molar-refractivity contribution < 1.29 is 9.84 Å². The molecule has 1 atom stereocenters. The number of hydrogen-bond donors (Lipinski definition) is 2. The van der Waals surface area contributed by atoms with Gasteiger partial charge in [0, 0.05) is 18.6 Å². The highest BCUT2D eigenvalue weighted by atomic mass is 16.5. The molecule has 0 bridgehead atoms. The third-order valence-electron chi connectivity index (χ3n) is 2.59. The van der Waals surface area contributed by atoms with Gasteiger partial charge in [0.1, 0.15) is 5.75 Å². The second-order valence-corrected chi connectivity index (χ2v) is 4.08. The summed E-state index contributed by atoms with van der Waals surface area (Å²) in [5.74, 6) is 0.856. The number of rotatable bonds is 6. The maximum absolute atomic E-state index is 9.15. The van der Waals surface area contributed by atoms with E-state index in [4.69, 9.17) is 15.6 Å². The summed E-state index contributed by atoms with van der Waals surface area (Å²) in [7, 11) is 0. The van der Waals surface area contributed by atoms with Gasteiger partial charge in [-0.2, -0.15) is 0 Å². The average molecular weight is 209 g/mol. The van der Waals surface area contributed by atoms with Gasteiger partial charge >= 0.3 is 0 Å². The zero-order valence-corrected chi connectivity index (χ0v) is 9.15. The van der Waals surface area contributed by atoms with E-state index in [2.05, 4.69) is 0 Å². The Morgan fingerprint density at radius 2 is 2.00 bits per heavy atom. The summed E-state index contributed by atoms with van der Waals surface area (Å²) < 4.78 is 5.54. The third kappa shape index (κ3) is 3.90. The van der Waals surface area contributed by atoms with Crippen LogP contribution in [0.3, 0.4) is 0 Å². The normalized spacial score (nSPS) is 14.6. The van der Waals surface area contributed by atoms with Crippen molar-refractivity contribution >= 4 is 0 Å². The lowest BCUT2D eigenvalue weighted by molar-refractivity contribution is 0.119. The monoisotopic (exact) mass is 209 g/mol. The standard InChI is InChI=1S/C12H19NO2/c1-12(9-13,10-14)7-8-15-11-5-3-2-4-6-11/h2-6,14H,7-10,13H2,1H3. The molecule has 3 nitrogen and oxygen atoms in total. The molecule has 0 aromatic heterocycles. The first-order chi connectivity index (χ1) is 7.20. The molecule has 0 aliphatic carbocycles. The van der Waals surface area contributed by atoms with Crippen LogP contribution in [0.4, 0.5) is 0 Å². The van der Waals surface area contributed by atoms with Gasteiger partial charge in [-0.1, -0.05) is 25.1 Å². The Kier molecular flexibility index (Phi) is 4.59. The molecular weight excluding hydrogens is 190 g/mol. The van der Waals surface area contributed by atoms with E-state index in [9.17, 15) is 0 Å². The van der Waals surface area contributed by atoms with Gasteiger partial charge < -0.3 is 15.6 Å². The average Bonchev–Trinajstić information content (AvgIpc) is 2.30. The second-order valence-electron chi connectivity index (χ2n) is 4.08. The Morgan fingerprint density at radius 1 is 1.33 bits per heavy atom. The molecule has 3 heteroatoms. The van der Waals surface area contributed by atoms with E-state index in [1.165, 1.54) is 0 Å². The number of hydrogen-bond acceptors (Lipinski definition) is 3. The van der Waals surface area contributed by atoms with Gasteiger partial charge in [-0.15, -0.1) is 0 Å². The molecule has 84 valence electrons. The zero-order chi connectivity index (χ0) is 11.1. The number of ether oxygens (including phenoxy) is 1. The van der Waals surface area contributed by atoms with Gasteiger partial charge in [0.2, 0.25) is 0 Å². The minimum absolute atomic E-state index is 0.0989. The molecular formula is C12H19NO2. The molecule has 0 amide bonds. The maximum atomic E-state index is 9.15. The highest BCUT2D eigenvalue weighted by molar-refractivity contribution is 5.20. The Hall–Kier alpha value is -1.06. The Bertz CT molecular complexity index is 270. The quantitative estimate of drug-likeness (QED) is 0.745. The number of para-hydroxylation sites is 1. The van der Waals surface area contributed by atoms with Crippen LogP contribution in [0.2, 0.25) is 0 Å². The topological polar surface area (TPSA) is 55.5 Å². The van der Waals surface area contributed by atoms with Crippen LogP contribution in [0.15, 0.2) is 30.3 Å². The van der Waals surface area contributed by atoms with Gasteiger partial charge in [0.25, 0.3) is 0 Å².